The Hall–Kier alpha value is -1.60. The van der Waals surface area contributed by atoms with Crippen LogP contribution in [0.1, 0.15) is 33.1 Å². The molecule has 1 fully saturated rings. The summed E-state index contributed by atoms with van der Waals surface area (Å²) >= 11 is 0. The van der Waals surface area contributed by atoms with Crippen LogP contribution in [0.25, 0.3) is 0 Å². The molecule has 2 rings (SSSR count). The number of anilines is 1. The molecule has 1 atom stereocenters. The molecule has 0 spiro atoms. The third kappa shape index (κ3) is 4.70. The molecule has 0 aliphatic carbocycles. The van der Waals surface area contributed by atoms with E-state index in [0.29, 0.717) is 43.9 Å². The summed E-state index contributed by atoms with van der Waals surface area (Å²) in [6.45, 7) is 5.00. The van der Waals surface area contributed by atoms with E-state index in [-0.39, 0.29) is 24.1 Å². The first kappa shape index (κ1) is 18.7. The molecule has 1 N–H and O–H groups in total. The summed E-state index contributed by atoms with van der Waals surface area (Å²) in [5, 5.41) is 2.88. The van der Waals surface area contributed by atoms with Crippen molar-refractivity contribution in [3.8, 4) is 5.75 Å². The quantitative estimate of drug-likeness (QED) is 0.816. The predicted octanol–water partition coefficient (Wildman–Crippen LogP) is 2.48. The van der Waals surface area contributed by atoms with Gasteiger partial charge in [0.05, 0.1) is 24.0 Å². The number of nitrogens with one attached hydrogen (secondary N) is 1. The van der Waals surface area contributed by atoms with Gasteiger partial charge >= 0.3 is 0 Å². The fourth-order valence-electron chi connectivity index (χ4n) is 2.88. The Balaban J connectivity index is 2.05. The van der Waals surface area contributed by atoms with E-state index in [9.17, 15) is 13.2 Å². The first-order chi connectivity index (χ1) is 11.5. The number of nitrogens with zero attached hydrogens (tertiary/aromatic N) is 1. The Morgan fingerprint density at radius 1 is 1.33 bits per heavy atom. The molecule has 1 amide bonds. The monoisotopic (exact) mass is 354 g/mol. The lowest BCUT2D eigenvalue weighted by Gasteiger charge is -2.31. The van der Waals surface area contributed by atoms with Crippen molar-refractivity contribution in [1.29, 1.82) is 0 Å². The molecular formula is C17H26N2O4S. The zero-order chi connectivity index (χ0) is 17.6. The van der Waals surface area contributed by atoms with Crippen LogP contribution in [-0.2, 0) is 14.8 Å². The zero-order valence-electron chi connectivity index (χ0n) is 14.3. The maximum atomic E-state index is 12.6. The van der Waals surface area contributed by atoms with E-state index in [4.69, 9.17) is 4.74 Å². The first-order valence-electron chi connectivity index (χ1n) is 8.48. The third-order valence-corrected chi connectivity index (χ3v) is 6.10. The van der Waals surface area contributed by atoms with E-state index >= 15 is 0 Å². The van der Waals surface area contributed by atoms with Crippen molar-refractivity contribution in [3.63, 3.8) is 0 Å². The Labute approximate surface area is 144 Å². The molecule has 1 heterocycles. The van der Waals surface area contributed by atoms with Crippen LogP contribution in [0.4, 0.5) is 5.69 Å². The number of sulfonamides is 1. The van der Waals surface area contributed by atoms with Crippen molar-refractivity contribution in [2.24, 2.45) is 5.92 Å². The third-order valence-electron chi connectivity index (χ3n) is 4.06. The van der Waals surface area contributed by atoms with Gasteiger partial charge in [0.1, 0.15) is 5.75 Å². The molecule has 1 saturated heterocycles. The van der Waals surface area contributed by atoms with Crippen molar-refractivity contribution in [1.82, 2.24) is 4.31 Å². The predicted molar refractivity (Wildman–Crippen MR) is 94.6 cm³/mol. The standard InChI is InChI=1S/C17H26N2O4S/c1-3-12-24(21,22)19-11-7-8-14(13-19)17(20)18-15-9-5-6-10-16(15)23-4-2/h5-6,9-10,14H,3-4,7-8,11-13H2,1-2H3,(H,18,20). The van der Waals surface area contributed by atoms with Crippen LogP contribution < -0.4 is 10.1 Å². The number of benzene rings is 1. The van der Waals surface area contributed by atoms with Gasteiger partial charge in [-0.25, -0.2) is 12.7 Å². The highest BCUT2D eigenvalue weighted by atomic mass is 32.2. The van der Waals surface area contributed by atoms with Crippen molar-refractivity contribution in [2.45, 2.75) is 33.1 Å². The molecule has 134 valence electrons. The Morgan fingerprint density at radius 3 is 2.79 bits per heavy atom. The first-order valence-corrected chi connectivity index (χ1v) is 10.1. The van der Waals surface area contributed by atoms with Gasteiger partial charge in [0.15, 0.2) is 0 Å². The highest BCUT2D eigenvalue weighted by molar-refractivity contribution is 7.89. The Bertz CT molecular complexity index is 660. The normalized spacial score (nSPS) is 19.0. The van der Waals surface area contributed by atoms with Gasteiger partial charge in [-0.05, 0) is 38.3 Å². The van der Waals surface area contributed by atoms with E-state index in [1.165, 1.54) is 4.31 Å². The number of piperidine rings is 1. The number of para-hydroxylation sites is 2. The molecule has 0 aromatic heterocycles. The summed E-state index contributed by atoms with van der Waals surface area (Å²) in [4.78, 5) is 12.6. The largest absolute Gasteiger partial charge is 0.492 e. The topological polar surface area (TPSA) is 75.7 Å². The van der Waals surface area contributed by atoms with Crippen LogP contribution in [0, 0.1) is 5.92 Å². The summed E-state index contributed by atoms with van der Waals surface area (Å²) in [6, 6.07) is 7.27. The van der Waals surface area contributed by atoms with Crippen LogP contribution in [0.2, 0.25) is 0 Å². The minimum atomic E-state index is -3.26. The molecule has 0 radical (unpaired) electrons. The maximum Gasteiger partial charge on any atom is 0.228 e. The molecular weight excluding hydrogens is 328 g/mol. The lowest BCUT2D eigenvalue weighted by atomic mass is 9.98. The minimum Gasteiger partial charge on any atom is -0.492 e. The number of amides is 1. The van der Waals surface area contributed by atoms with E-state index in [2.05, 4.69) is 5.32 Å². The second-order valence-corrected chi connectivity index (χ2v) is 8.02. The van der Waals surface area contributed by atoms with Crippen LogP contribution >= 0.6 is 0 Å². The SMILES string of the molecule is CCCS(=O)(=O)N1CCCC(C(=O)Nc2ccccc2OCC)C1. The molecule has 1 aliphatic heterocycles. The second kappa shape index (κ2) is 8.48. The molecule has 7 heteroatoms. The van der Waals surface area contributed by atoms with Crippen molar-refractivity contribution >= 4 is 21.6 Å². The summed E-state index contributed by atoms with van der Waals surface area (Å²) in [7, 11) is -3.26. The Kier molecular flexibility index (Phi) is 6.62. The van der Waals surface area contributed by atoms with Gasteiger partial charge in [0, 0.05) is 13.1 Å². The van der Waals surface area contributed by atoms with Crippen LogP contribution in [0.3, 0.4) is 0 Å². The van der Waals surface area contributed by atoms with Crippen LogP contribution in [-0.4, -0.2) is 44.1 Å². The average Bonchev–Trinajstić information content (AvgIpc) is 2.57. The summed E-state index contributed by atoms with van der Waals surface area (Å²) in [5.74, 6) is 0.271. The highest BCUT2D eigenvalue weighted by Crippen LogP contribution is 2.26. The van der Waals surface area contributed by atoms with E-state index in [0.717, 1.165) is 0 Å². The van der Waals surface area contributed by atoms with Crippen LogP contribution in [0.5, 0.6) is 5.75 Å². The summed E-state index contributed by atoms with van der Waals surface area (Å²) in [6.07, 6.45) is 1.98. The van der Waals surface area contributed by atoms with Gasteiger partial charge < -0.3 is 10.1 Å². The van der Waals surface area contributed by atoms with Gasteiger partial charge in [-0.3, -0.25) is 4.79 Å². The van der Waals surface area contributed by atoms with Gasteiger partial charge in [-0.2, -0.15) is 0 Å². The van der Waals surface area contributed by atoms with Gasteiger partial charge in [0.25, 0.3) is 0 Å². The zero-order valence-corrected chi connectivity index (χ0v) is 15.1. The number of rotatable bonds is 7. The van der Waals surface area contributed by atoms with Crippen molar-refractivity contribution in [2.75, 3.05) is 30.8 Å². The molecule has 1 unspecified atom stereocenters. The van der Waals surface area contributed by atoms with E-state index in [1.54, 1.807) is 12.1 Å². The molecule has 1 aliphatic rings. The lowest BCUT2D eigenvalue weighted by molar-refractivity contribution is -0.120. The fraction of sp³-hybridized carbons (Fsp3) is 0.588. The number of ether oxygens (including phenoxy) is 1. The second-order valence-electron chi connectivity index (χ2n) is 5.93. The molecule has 24 heavy (non-hydrogen) atoms. The highest BCUT2D eigenvalue weighted by Gasteiger charge is 2.32. The Morgan fingerprint density at radius 2 is 2.08 bits per heavy atom. The lowest BCUT2D eigenvalue weighted by Crippen LogP contribution is -2.44. The average molecular weight is 354 g/mol. The number of carbonyl (C=O) groups excluding carboxylic acids is 1. The maximum absolute atomic E-state index is 12.6. The van der Waals surface area contributed by atoms with E-state index < -0.39 is 10.0 Å². The van der Waals surface area contributed by atoms with Crippen molar-refractivity contribution < 1.29 is 17.9 Å². The molecule has 1 aromatic carbocycles. The fourth-order valence-corrected chi connectivity index (χ4v) is 4.47. The smallest absolute Gasteiger partial charge is 0.228 e. The molecule has 0 bridgehead atoms. The molecule has 6 nitrogen and oxygen atoms in total. The molecule has 1 aromatic rings. The van der Waals surface area contributed by atoms with Gasteiger partial charge in [0.2, 0.25) is 15.9 Å². The molecule has 0 saturated carbocycles. The van der Waals surface area contributed by atoms with Crippen LogP contribution in [0.15, 0.2) is 24.3 Å². The number of hydrogen-bond acceptors (Lipinski definition) is 4. The summed E-state index contributed by atoms with van der Waals surface area (Å²) in [5.41, 5.74) is 0.623. The minimum absolute atomic E-state index is 0.133. The van der Waals surface area contributed by atoms with Crippen molar-refractivity contribution in [3.05, 3.63) is 24.3 Å². The van der Waals surface area contributed by atoms with Gasteiger partial charge in [-0.1, -0.05) is 19.1 Å². The summed E-state index contributed by atoms with van der Waals surface area (Å²) < 4.78 is 31.4. The van der Waals surface area contributed by atoms with E-state index in [1.807, 2.05) is 26.0 Å². The van der Waals surface area contributed by atoms with Gasteiger partial charge in [-0.15, -0.1) is 0 Å². The number of carbonyl (C=O) groups is 1. The number of hydrogen-bond donors (Lipinski definition) is 1.